The van der Waals surface area contributed by atoms with E-state index in [9.17, 15) is 8.78 Å². The lowest BCUT2D eigenvalue weighted by molar-refractivity contribution is 0.298. The average Bonchev–Trinajstić information content (AvgIpc) is 2.91. The first-order valence-corrected chi connectivity index (χ1v) is 8.45. The summed E-state index contributed by atoms with van der Waals surface area (Å²) in [7, 11) is 0. The number of nitrogens with one attached hydrogen (secondary N) is 1. The fourth-order valence-electron chi connectivity index (χ4n) is 2.77. The number of hydrogen-bond donors (Lipinski definition) is 1. The van der Waals surface area contributed by atoms with Crippen molar-refractivity contribution in [2.45, 2.75) is 20.4 Å². The van der Waals surface area contributed by atoms with Crippen molar-refractivity contribution in [3.05, 3.63) is 77.1 Å². The lowest BCUT2D eigenvalue weighted by Crippen LogP contribution is -2.21. The summed E-state index contributed by atoms with van der Waals surface area (Å²) in [5.74, 6) is -0.377. The van der Waals surface area contributed by atoms with Gasteiger partial charge in [0.2, 0.25) is 0 Å². The zero-order chi connectivity index (χ0) is 18.5. The molecule has 1 N–H and O–H groups in total. The summed E-state index contributed by atoms with van der Waals surface area (Å²) >= 11 is 0. The molecular weight excluding hydrogens is 336 g/mol. The van der Waals surface area contributed by atoms with Gasteiger partial charge in [-0.1, -0.05) is 12.1 Å². The second-order valence-electron chi connectivity index (χ2n) is 5.99. The molecule has 26 heavy (non-hydrogen) atoms. The summed E-state index contributed by atoms with van der Waals surface area (Å²) in [5, 5.41) is 7.83. The van der Waals surface area contributed by atoms with Crippen LogP contribution >= 0.6 is 0 Å². The second-order valence-corrected chi connectivity index (χ2v) is 5.99. The molecule has 136 valence electrons. The summed E-state index contributed by atoms with van der Waals surface area (Å²) in [4.78, 5) is 0. The Labute approximate surface area is 151 Å². The van der Waals surface area contributed by atoms with E-state index >= 15 is 0 Å². The van der Waals surface area contributed by atoms with E-state index < -0.39 is 0 Å². The first kappa shape index (κ1) is 18.1. The summed E-state index contributed by atoms with van der Waals surface area (Å²) in [5.41, 5.74) is 3.81. The molecule has 0 spiro atoms. The number of hydrogen-bond acceptors (Lipinski definition) is 3. The van der Waals surface area contributed by atoms with Crippen LogP contribution in [0.15, 0.2) is 48.5 Å². The Morgan fingerprint density at radius 1 is 1.04 bits per heavy atom. The van der Waals surface area contributed by atoms with E-state index in [1.807, 2.05) is 18.5 Å². The molecule has 1 heterocycles. The monoisotopic (exact) mass is 357 g/mol. The normalized spacial score (nSPS) is 10.9. The number of nitrogens with zero attached hydrogens (tertiary/aromatic N) is 2. The summed E-state index contributed by atoms with van der Waals surface area (Å²) < 4.78 is 33.8. The molecular formula is C20H21F2N3O. The van der Waals surface area contributed by atoms with Crippen LogP contribution in [0, 0.1) is 25.5 Å². The van der Waals surface area contributed by atoms with Crippen LogP contribution in [-0.4, -0.2) is 22.9 Å². The van der Waals surface area contributed by atoms with Gasteiger partial charge in [0.1, 0.15) is 12.4 Å². The maximum Gasteiger partial charge on any atom is 0.165 e. The maximum absolute atomic E-state index is 13.5. The smallest absolute Gasteiger partial charge is 0.165 e. The highest BCUT2D eigenvalue weighted by atomic mass is 19.1. The van der Waals surface area contributed by atoms with E-state index in [0.29, 0.717) is 19.7 Å². The van der Waals surface area contributed by atoms with Crippen LogP contribution < -0.4 is 10.1 Å². The van der Waals surface area contributed by atoms with Crippen LogP contribution in [0.3, 0.4) is 0 Å². The summed E-state index contributed by atoms with van der Waals surface area (Å²) in [6.07, 6.45) is 0. The van der Waals surface area contributed by atoms with Crippen molar-refractivity contribution in [1.29, 1.82) is 0 Å². The van der Waals surface area contributed by atoms with Crippen LogP contribution in [-0.2, 0) is 6.54 Å². The minimum atomic E-state index is -0.361. The Kier molecular flexibility index (Phi) is 5.63. The molecule has 0 atom stereocenters. The summed E-state index contributed by atoms with van der Waals surface area (Å²) in [6, 6.07) is 12.6. The van der Waals surface area contributed by atoms with Crippen LogP contribution in [0.5, 0.6) is 5.75 Å². The van der Waals surface area contributed by atoms with Gasteiger partial charge in [0.15, 0.2) is 11.6 Å². The molecule has 1 aromatic heterocycles. The maximum atomic E-state index is 13.5. The van der Waals surface area contributed by atoms with Gasteiger partial charge in [-0.25, -0.2) is 13.5 Å². The van der Waals surface area contributed by atoms with Gasteiger partial charge in [-0.3, -0.25) is 0 Å². The Morgan fingerprint density at radius 2 is 1.77 bits per heavy atom. The number of para-hydroxylation sites is 1. The van der Waals surface area contributed by atoms with Crippen LogP contribution in [0.25, 0.3) is 5.69 Å². The quantitative estimate of drug-likeness (QED) is 0.651. The Bertz CT molecular complexity index is 875. The minimum absolute atomic E-state index is 0.255. The zero-order valence-electron chi connectivity index (χ0n) is 14.8. The number of rotatable bonds is 7. The molecule has 3 aromatic rings. The Hall–Kier alpha value is -2.73. The molecule has 0 bridgehead atoms. The van der Waals surface area contributed by atoms with E-state index in [2.05, 4.69) is 10.4 Å². The van der Waals surface area contributed by atoms with Crippen molar-refractivity contribution in [2.75, 3.05) is 13.2 Å². The molecule has 4 nitrogen and oxygen atoms in total. The lowest BCUT2D eigenvalue weighted by atomic mass is 10.2. The fourth-order valence-corrected chi connectivity index (χ4v) is 2.77. The SMILES string of the molecule is Cc1nn(-c2ccc(F)cc2)c(C)c1CNCCOc1ccccc1F. The van der Waals surface area contributed by atoms with Crippen molar-refractivity contribution in [3.63, 3.8) is 0 Å². The van der Waals surface area contributed by atoms with Gasteiger partial charge < -0.3 is 10.1 Å². The number of aryl methyl sites for hydroxylation is 1. The van der Waals surface area contributed by atoms with E-state index in [0.717, 1.165) is 22.6 Å². The number of halogens is 2. The lowest BCUT2D eigenvalue weighted by Gasteiger charge is -2.09. The zero-order valence-corrected chi connectivity index (χ0v) is 14.8. The summed E-state index contributed by atoms with van der Waals surface area (Å²) in [6.45, 7) is 5.50. The number of ether oxygens (including phenoxy) is 1. The van der Waals surface area contributed by atoms with Gasteiger partial charge in [-0.2, -0.15) is 5.10 Å². The van der Waals surface area contributed by atoms with Gasteiger partial charge in [-0.05, 0) is 50.2 Å². The fraction of sp³-hybridized carbons (Fsp3) is 0.250. The molecule has 0 saturated carbocycles. The van der Waals surface area contributed by atoms with Gasteiger partial charge in [0.05, 0.1) is 11.4 Å². The van der Waals surface area contributed by atoms with E-state index in [1.54, 1.807) is 30.3 Å². The largest absolute Gasteiger partial charge is 0.489 e. The van der Waals surface area contributed by atoms with Gasteiger partial charge in [0.25, 0.3) is 0 Å². The predicted molar refractivity (Wildman–Crippen MR) is 96.6 cm³/mol. The molecule has 0 radical (unpaired) electrons. The first-order valence-electron chi connectivity index (χ1n) is 8.45. The predicted octanol–water partition coefficient (Wildman–Crippen LogP) is 3.94. The molecule has 0 saturated heterocycles. The highest BCUT2D eigenvalue weighted by molar-refractivity contribution is 5.37. The van der Waals surface area contributed by atoms with Crippen molar-refractivity contribution < 1.29 is 13.5 Å². The van der Waals surface area contributed by atoms with Gasteiger partial charge >= 0.3 is 0 Å². The third kappa shape index (κ3) is 4.08. The molecule has 0 aliphatic carbocycles. The third-order valence-electron chi connectivity index (χ3n) is 4.19. The van der Waals surface area contributed by atoms with E-state index in [1.165, 1.54) is 18.2 Å². The van der Waals surface area contributed by atoms with Crippen molar-refractivity contribution in [2.24, 2.45) is 0 Å². The van der Waals surface area contributed by atoms with Crippen LogP contribution in [0.4, 0.5) is 8.78 Å². The standard InChI is InChI=1S/C20H21F2N3O/c1-14-18(13-23-11-12-26-20-6-4-3-5-19(20)22)15(2)25(24-14)17-9-7-16(21)8-10-17/h3-10,23H,11-13H2,1-2H3. The molecule has 0 aliphatic heterocycles. The van der Waals surface area contributed by atoms with Crippen molar-refractivity contribution in [1.82, 2.24) is 15.1 Å². The Morgan fingerprint density at radius 3 is 2.50 bits per heavy atom. The number of aromatic nitrogens is 2. The highest BCUT2D eigenvalue weighted by Gasteiger charge is 2.12. The molecule has 0 unspecified atom stereocenters. The minimum Gasteiger partial charge on any atom is -0.489 e. The molecule has 2 aromatic carbocycles. The molecule has 0 amide bonds. The molecule has 6 heteroatoms. The van der Waals surface area contributed by atoms with Crippen LogP contribution in [0.2, 0.25) is 0 Å². The average molecular weight is 357 g/mol. The third-order valence-corrected chi connectivity index (χ3v) is 4.19. The van der Waals surface area contributed by atoms with Gasteiger partial charge in [-0.15, -0.1) is 0 Å². The van der Waals surface area contributed by atoms with E-state index in [4.69, 9.17) is 4.74 Å². The van der Waals surface area contributed by atoms with E-state index in [-0.39, 0.29) is 17.4 Å². The van der Waals surface area contributed by atoms with Crippen LogP contribution in [0.1, 0.15) is 17.0 Å². The number of benzene rings is 2. The van der Waals surface area contributed by atoms with Gasteiger partial charge in [0, 0.05) is 24.3 Å². The topological polar surface area (TPSA) is 39.1 Å². The van der Waals surface area contributed by atoms with Crippen molar-refractivity contribution in [3.8, 4) is 11.4 Å². The van der Waals surface area contributed by atoms with Crippen molar-refractivity contribution >= 4 is 0 Å². The second kappa shape index (κ2) is 8.10. The Balaban J connectivity index is 1.57. The first-order chi connectivity index (χ1) is 12.6. The molecule has 0 fully saturated rings. The highest BCUT2D eigenvalue weighted by Crippen LogP contribution is 2.18. The molecule has 0 aliphatic rings. The molecule has 3 rings (SSSR count).